The van der Waals surface area contributed by atoms with Crippen LogP contribution < -0.4 is 5.32 Å². The van der Waals surface area contributed by atoms with Crippen LogP contribution in [-0.2, 0) is 4.74 Å². The van der Waals surface area contributed by atoms with Gasteiger partial charge in [0.25, 0.3) is 0 Å². The minimum absolute atomic E-state index is 0.0409. The van der Waals surface area contributed by atoms with Gasteiger partial charge in [0.1, 0.15) is 11.9 Å². The molecule has 1 aliphatic rings. The van der Waals surface area contributed by atoms with Gasteiger partial charge in [0.15, 0.2) is 0 Å². The summed E-state index contributed by atoms with van der Waals surface area (Å²) in [7, 11) is 0. The van der Waals surface area contributed by atoms with Gasteiger partial charge in [-0.3, -0.25) is 9.97 Å². The fourth-order valence-corrected chi connectivity index (χ4v) is 1.90. The van der Waals surface area contributed by atoms with Crippen molar-refractivity contribution in [2.45, 2.75) is 12.1 Å². The molecule has 3 rings (SSSR count). The molecule has 2 aromatic heterocycles. The molecule has 3 heterocycles. The van der Waals surface area contributed by atoms with Gasteiger partial charge in [-0.2, -0.15) is 0 Å². The van der Waals surface area contributed by atoms with Gasteiger partial charge in [-0.15, -0.1) is 0 Å². The van der Waals surface area contributed by atoms with Crippen LogP contribution in [0.5, 0.6) is 0 Å². The first-order valence-electron chi connectivity index (χ1n) is 5.81. The van der Waals surface area contributed by atoms with Crippen LogP contribution in [0.25, 0.3) is 0 Å². The summed E-state index contributed by atoms with van der Waals surface area (Å²) in [5.74, 6) is 0.759. The lowest BCUT2D eigenvalue weighted by Gasteiger charge is -2.28. The van der Waals surface area contributed by atoms with Crippen molar-refractivity contribution in [1.29, 1.82) is 0 Å². The number of nitrogens with one attached hydrogen (secondary N) is 1. The van der Waals surface area contributed by atoms with Crippen molar-refractivity contribution in [2.24, 2.45) is 0 Å². The fourth-order valence-electron chi connectivity index (χ4n) is 1.90. The molecule has 92 valence electrons. The van der Waals surface area contributed by atoms with Gasteiger partial charge in [-0.05, 0) is 6.07 Å². The second-order valence-electron chi connectivity index (χ2n) is 4.02. The highest BCUT2D eigenvalue weighted by atomic mass is 16.5. The SMILES string of the molecule is c1cnc(C2COC(c3cnccn3)CN2)nc1. The van der Waals surface area contributed by atoms with E-state index >= 15 is 0 Å². The Morgan fingerprint density at radius 2 is 2.00 bits per heavy atom. The third kappa shape index (κ3) is 2.34. The average molecular weight is 243 g/mol. The van der Waals surface area contributed by atoms with Crippen LogP contribution in [0.2, 0.25) is 0 Å². The molecule has 0 radical (unpaired) electrons. The van der Waals surface area contributed by atoms with Crippen LogP contribution in [0.3, 0.4) is 0 Å². The van der Waals surface area contributed by atoms with Crippen LogP contribution in [0.4, 0.5) is 0 Å². The van der Waals surface area contributed by atoms with Gasteiger partial charge in [-0.1, -0.05) is 0 Å². The Morgan fingerprint density at radius 1 is 1.11 bits per heavy atom. The predicted octanol–water partition coefficient (Wildman–Crippen LogP) is 0.669. The third-order valence-corrected chi connectivity index (χ3v) is 2.82. The molecule has 2 aromatic rings. The second-order valence-corrected chi connectivity index (χ2v) is 4.02. The van der Waals surface area contributed by atoms with E-state index < -0.39 is 0 Å². The molecule has 0 amide bonds. The van der Waals surface area contributed by atoms with Crippen molar-refractivity contribution in [3.63, 3.8) is 0 Å². The summed E-state index contributed by atoms with van der Waals surface area (Å²) in [6.45, 7) is 1.22. The zero-order valence-corrected chi connectivity index (χ0v) is 9.73. The molecule has 0 bridgehead atoms. The molecule has 0 aliphatic carbocycles. The topological polar surface area (TPSA) is 72.8 Å². The van der Waals surface area contributed by atoms with E-state index in [0.29, 0.717) is 13.2 Å². The van der Waals surface area contributed by atoms with Crippen LogP contribution >= 0.6 is 0 Å². The largest absolute Gasteiger partial charge is 0.368 e. The summed E-state index contributed by atoms with van der Waals surface area (Å²) in [6.07, 6.45) is 8.47. The third-order valence-electron chi connectivity index (χ3n) is 2.82. The monoisotopic (exact) mass is 243 g/mol. The van der Waals surface area contributed by atoms with E-state index in [0.717, 1.165) is 11.5 Å². The van der Waals surface area contributed by atoms with Crippen LogP contribution in [0.1, 0.15) is 23.7 Å². The lowest BCUT2D eigenvalue weighted by Crippen LogP contribution is -2.38. The Kier molecular flexibility index (Phi) is 3.20. The van der Waals surface area contributed by atoms with Crippen LogP contribution in [0, 0.1) is 0 Å². The van der Waals surface area contributed by atoms with E-state index in [2.05, 4.69) is 25.3 Å². The maximum absolute atomic E-state index is 5.79. The normalized spacial score (nSPS) is 23.8. The first-order chi connectivity index (χ1) is 8.93. The Balaban J connectivity index is 1.65. The molecule has 6 heteroatoms. The second kappa shape index (κ2) is 5.16. The quantitative estimate of drug-likeness (QED) is 0.835. The lowest BCUT2D eigenvalue weighted by atomic mass is 10.2. The Bertz CT molecular complexity index is 437. The fraction of sp³-hybridized carbons (Fsp3) is 0.333. The molecular weight excluding hydrogens is 230 g/mol. The van der Waals surface area contributed by atoms with E-state index in [1.54, 1.807) is 37.1 Å². The summed E-state index contributed by atoms with van der Waals surface area (Å²) in [5, 5.41) is 3.37. The van der Waals surface area contributed by atoms with E-state index in [9.17, 15) is 0 Å². The zero-order chi connectivity index (χ0) is 12.2. The van der Waals surface area contributed by atoms with Crippen molar-refractivity contribution in [3.05, 3.63) is 48.6 Å². The molecule has 1 fully saturated rings. The first-order valence-corrected chi connectivity index (χ1v) is 5.81. The summed E-state index contributed by atoms with van der Waals surface area (Å²) < 4.78 is 5.79. The highest BCUT2D eigenvalue weighted by Gasteiger charge is 2.25. The lowest BCUT2D eigenvalue weighted by molar-refractivity contribution is -0.00204. The summed E-state index contributed by atoms with van der Waals surface area (Å²) >= 11 is 0. The predicted molar refractivity (Wildman–Crippen MR) is 63.5 cm³/mol. The highest BCUT2D eigenvalue weighted by Crippen LogP contribution is 2.21. The van der Waals surface area contributed by atoms with Crippen LogP contribution in [-0.4, -0.2) is 33.1 Å². The summed E-state index contributed by atoms with van der Waals surface area (Å²) in [4.78, 5) is 16.7. The van der Waals surface area contributed by atoms with Crippen molar-refractivity contribution < 1.29 is 4.74 Å². The highest BCUT2D eigenvalue weighted by molar-refractivity contribution is 5.04. The molecule has 1 saturated heterocycles. The van der Waals surface area contributed by atoms with Gasteiger partial charge >= 0.3 is 0 Å². The number of hydrogen-bond donors (Lipinski definition) is 1. The number of morpholine rings is 1. The maximum atomic E-state index is 5.79. The van der Waals surface area contributed by atoms with Crippen molar-refractivity contribution in [3.8, 4) is 0 Å². The standard InChI is InChI=1S/C12H13N5O/c1-2-15-12(16-3-1)10-8-18-11(7-17-10)9-6-13-4-5-14-9/h1-6,10-11,17H,7-8H2. The van der Waals surface area contributed by atoms with E-state index in [1.807, 2.05) is 0 Å². The van der Waals surface area contributed by atoms with Gasteiger partial charge in [-0.25, -0.2) is 9.97 Å². The molecular formula is C12H13N5O. The maximum Gasteiger partial charge on any atom is 0.147 e. The van der Waals surface area contributed by atoms with Gasteiger partial charge in [0.2, 0.25) is 0 Å². The minimum Gasteiger partial charge on any atom is -0.368 e. The summed E-state index contributed by atoms with van der Waals surface area (Å²) in [5.41, 5.74) is 0.845. The number of rotatable bonds is 2. The Labute approximate surface area is 104 Å². The molecule has 2 atom stereocenters. The molecule has 0 saturated carbocycles. The van der Waals surface area contributed by atoms with Gasteiger partial charge in [0, 0.05) is 31.3 Å². The molecule has 1 aliphatic heterocycles. The molecule has 0 spiro atoms. The number of ether oxygens (including phenoxy) is 1. The first kappa shape index (κ1) is 11.2. The molecule has 0 aromatic carbocycles. The molecule has 1 N–H and O–H groups in total. The Hall–Kier alpha value is -1.92. The number of hydrogen-bond acceptors (Lipinski definition) is 6. The van der Waals surface area contributed by atoms with E-state index in [1.165, 1.54) is 0 Å². The van der Waals surface area contributed by atoms with Gasteiger partial charge < -0.3 is 10.1 Å². The van der Waals surface area contributed by atoms with Crippen molar-refractivity contribution in [1.82, 2.24) is 25.3 Å². The number of aromatic nitrogens is 4. The van der Waals surface area contributed by atoms with E-state index in [4.69, 9.17) is 4.74 Å². The Morgan fingerprint density at radius 3 is 2.67 bits per heavy atom. The molecule has 2 unspecified atom stereocenters. The summed E-state index contributed by atoms with van der Waals surface area (Å²) in [6, 6.07) is 1.84. The zero-order valence-electron chi connectivity index (χ0n) is 9.73. The number of nitrogens with zero attached hydrogens (tertiary/aromatic N) is 4. The molecule has 18 heavy (non-hydrogen) atoms. The van der Waals surface area contributed by atoms with Gasteiger partial charge in [0.05, 0.1) is 24.5 Å². The van der Waals surface area contributed by atoms with E-state index in [-0.39, 0.29) is 12.1 Å². The minimum atomic E-state index is -0.0568. The molecule has 6 nitrogen and oxygen atoms in total. The van der Waals surface area contributed by atoms with Crippen molar-refractivity contribution >= 4 is 0 Å². The smallest absolute Gasteiger partial charge is 0.147 e. The van der Waals surface area contributed by atoms with Crippen molar-refractivity contribution in [2.75, 3.05) is 13.2 Å². The average Bonchev–Trinajstić information content (AvgIpc) is 2.49. The van der Waals surface area contributed by atoms with Crippen LogP contribution in [0.15, 0.2) is 37.1 Å².